The maximum absolute atomic E-state index is 14.3. The Hall–Kier alpha value is -3.22. The standard InChI is InChI=1S/C21H23FN2O8S/c1-29-16-10-15(11-17(12-16)30-2)23-20(25)13-32-21(26)14-3-4-18(22)19(9-14)33(27,28)24-5-7-31-8-6-24/h3-4,9-12H,5-8,13H2,1-2H3,(H,23,25). The topological polar surface area (TPSA) is 120 Å². The van der Waals surface area contributed by atoms with E-state index in [-0.39, 0.29) is 31.9 Å². The van der Waals surface area contributed by atoms with Gasteiger partial charge in [0.05, 0.1) is 33.0 Å². The third-order valence-corrected chi connectivity index (χ3v) is 6.64. The summed E-state index contributed by atoms with van der Waals surface area (Å²) in [6.07, 6.45) is 0. The number of hydrogen-bond donors (Lipinski definition) is 1. The van der Waals surface area contributed by atoms with Crippen LogP contribution in [0.4, 0.5) is 10.1 Å². The minimum absolute atomic E-state index is 0.0751. The number of nitrogens with one attached hydrogen (secondary N) is 1. The normalized spacial score (nSPS) is 14.4. The van der Waals surface area contributed by atoms with Gasteiger partial charge in [0.2, 0.25) is 10.0 Å². The number of rotatable bonds is 8. The lowest BCUT2D eigenvalue weighted by Gasteiger charge is -2.26. The van der Waals surface area contributed by atoms with Gasteiger partial charge in [-0.2, -0.15) is 4.31 Å². The van der Waals surface area contributed by atoms with Gasteiger partial charge in [-0.15, -0.1) is 0 Å². The van der Waals surface area contributed by atoms with Crippen molar-refractivity contribution >= 4 is 27.6 Å². The lowest BCUT2D eigenvalue weighted by atomic mass is 10.2. The summed E-state index contributed by atoms with van der Waals surface area (Å²) in [7, 11) is -1.25. The van der Waals surface area contributed by atoms with Crippen LogP contribution in [0.5, 0.6) is 11.5 Å². The van der Waals surface area contributed by atoms with Crippen molar-refractivity contribution in [3.63, 3.8) is 0 Å². The number of nitrogens with zero attached hydrogens (tertiary/aromatic N) is 1. The van der Waals surface area contributed by atoms with E-state index in [4.69, 9.17) is 18.9 Å². The van der Waals surface area contributed by atoms with Gasteiger partial charge in [0.1, 0.15) is 22.2 Å². The lowest BCUT2D eigenvalue weighted by molar-refractivity contribution is -0.119. The molecule has 0 radical (unpaired) electrons. The summed E-state index contributed by atoms with van der Waals surface area (Å²) in [5.41, 5.74) is 0.145. The van der Waals surface area contributed by atoms with E-state index >= 15 is 0 Å². The second-order valence-corrected chi connectivity index (χ2v) is 8.79. The lowest BCUT2D eigenvalue weighted by Crippen LogP contribution is -2.41. The molecule has 1 amide bonds. The highest BCUT2D eigenvalue weighted by molar-refractivity contribution is 7.89. The Morgan fingerprint density at radius 1 is 1.06 bits per heavy atom. The van der Waals surface area contributed by atoms with Crippen LogP contribution in [-0.2, 0) is 24.3 Å². The first-order valence-electron chi connectivity index (χ1n) is 9.82. The summed E-state index contributed by atoms with van der Waals surface area (Å²) in [4.78, 5) is 23.9. The van der Waals surface area contributed by atoms with Crippen LogP contribution in [0.2, 0.25) is 0 Å². The van der Waals surface area contributed by atoms with E-state index in [0.717, 1.165) is 22.5 Å². The quantitative estimate of drug-likeness (QED) is 0.564. The number of morpholine rings is 1. The Morgan fingerprint density at radius 2 is 1.70 bits per heavy atom. The van der Waals surface area contributed by atoms with Gasteiger partial charge in [-0.1, -0.05) is 0 Å². The molecule has 0 spiro atoms. The average Bonchev–Trinajstić information content (AvgIpc) is 2.82. The Morgan fingerprint density at radius 3 is 2.30 bits per heavy atom. The van der Waals surface area contributed by atoms with Gasteiger partial charge in [-0.25, -0.2) is 17.6 Å². The maximum Gasteiger partial charge on any atom is 0.338 e. The number of methoxy groups -OCH3 is 2. The molecule has 0 bridgehead atoms. The van der Waals surface area contributed by atoms with Crippen LogP contribution >= 0.6 is 0 Å². The van der Waals surface area contributed by atoms with E-state index in [1.807, 2.05) is 0 Å². The van der Waals surface area contributed by atoms with Crippen molar-refractivity contribution in [2.45, 2.75) is 4.90 Å². The van der Waals surface area contributed by atoms with Crippen LogP contribution in [0, 0.1) is 5.82 Å². The molecule has 0 unspecified atom stereocenters. The molecule has 1 fully saturated rings. The monoisotopic (exact) mass is 482 g/mol. The predicted octanol–water partition coefficient (Wildman–Crippen LogP) is 1.66. The van der Waals surface area contributed by atoms with E-state index < -0.39 is 39.2 Å². The van der Waals surface area contributed by atoms with Gasteiger partial charge in [0, 0.05) is 37.0 Å². The Labute approximate surface area is 190 Å². The summed E-state index contributed by atoms with van der Waals surface area (Å²) in [5, 5.41) is 2.54. The van der Waals surface area contributed by atoms with Gasteiger partial charge in [-0.05, 0) is 18.2 Å². The summed E-state index contributed by atoms with van der Waals surface area (Å²) in [5.74, 6) is -1.74. The Balaban J connectivity index is 1.67. The molecule has 1 saturated heterocycles. The van der Waals surface area contributed by atoms with Crippen molar-refractivity contribution in [3.05, 3.63) is 47.8 Å². The number of halogens is 1. The number of sulfonamides is 1. The average molecular weight is 482 g/mol. The van der Waals surface area contributed by atoms with Crippen LogP contribution in [0.15, 0.2) is 41.3 Å². The molecule has 0 aromatic heterocycles. The third-order valence-electron chi connectivity index (χ3n) is 4.72. The number of anilines is 1. The minimum Gasteiger partial charge on any atom is -0.497 e. The summed E-state index contributed by atoms with van der Waals surface area (Å²) in [6.45, 7) is -0.119. The molecule has 33 heavy (non-hydrogen) atoms. The van der Waals surface area contributed by atoms with Crippen molar-refractivity contribution < 1.29 is 41.3 Å². The Bertz CT molecular complexity index is 1110. The van der Waals surface area contributed by atoms with Crippen LogP contribution in [0.3, 0.4) is 0 Å². The minimum atomic E-state index is -4.17. The van der Waals surface area contributed by atoms with Crippen molar-refractivity contribution in [1.29, 1.82) is 0 Å². The fourth-order valence-corrected chi connectivity index (χ4v) is 4.54. The molecule has 3 rings (SSSR count). The summed E-state index contributed by atoms with van der Waals surface area (Å²) < 4.78 is 61.2. The number of amides is 1. The van der Waals surface area contributed by atoms with Crippen molar-refractivity contribution in [1.82, 2.24) is 4.31 Å². The highest BCUT2D eigenvalue weighted by Gasteiger charge is 2.30. The number of carbonyl (C=O) groups is 2. The number of esters is 1. The number of carbonyl (C=O) groups excluding carboxylic acids is 2. The molecule has 1 N–H and O–H groups in total. The van der Waals surface area contributed by atoms with E-state index in [1.165, 1.54) is 14.2 Å². The molecular weight excluding hydrogens is 459 g/mol. The van der Waals surface area contributed by atoms with Gasteiger partial charge in [0.15, 0.2) is 6.61 Å². The van der Waals surface area contributed by atoms with Crippen molar-refractivity contribution in [2.75, 3.05) is 52.4 Å². The molecule has 12 heteroatoms. The second kappa shape index (κ2) is 10.6. The molecule has 2 aromatic rings. The predicted molar refractivity (Wildman–Crippen MR) is 114 cm³/mol. The highest BCUT2D eigenvalue weighted by atomic mass is 32.2. The van der Waals surface area contributed by atoms with Crippen molar-refractivity contribution in [3.8, 4) is 11.5 Å². The molecule has 178 valence electrons. The molecule has 1 aliphatic rings. The van der Waals surface area contributed by atoms with E-state index in [2.05, 4.69) is 5.32 Å². The highest BCUT2D eigenvalue weighted by Crippen LogP contribution is 2.26. The van der Waals surface area contributed by atoms with Crippen LogP contribution < -0.4 is 14.8 Å². The summed E-state index contributed by atoms with van der Waals surface area (Å²) in [6, 6.07) is 7.56. The first-order valence-corrected chi connectivity index (χ1v) is 11.3. The Kier molecular flexibility index (Phi) is 7.84. The van der Waals surface area contributed by atoms with E-state index in [1.54, 1.807) is 18.2 Å². The molecule has 2 aromatic carbocycles. The van der Waals surface area contributed by atoms with Crippen LogP contribution in [0.25, 0.3) is 0 Å². The first-order chi connectivity index (χ1) is 15.7. The number of ether oxygens (including phenoxy) is 4. The number of hydrogen-bond acceptors (Lipinski definition) is 8. The third kappa shape index (κ3) is 5.97. The van der Waals surface area contributed by atoms with Crippen LogP contribution in [-0.4, -0.2) is 71.7 Å². The van der Waals surface area contributed by atoms with E-state index in [9.17, 15) is 22.4 Å². The molecule has 1 aliphatic heterocycles. The second-order valence-electron chi connectivity index (χ2n) is 6.89. The zero-order valence-electron chi connectivity index (χ0n) is 18.0. The molecule has 0 atom stereocenters. The number of benzene rings is 2. The zero-order valence-corrected chi connectivity index (χ0v) is 18.8. The fraction of sp³-hybridized carbons (Fsp3) is 0.333. The molecule has 10 nitrogen and oxygen atoms in total. The fourth-order valence-electron chi connectivity index (χ4n) is 3.05. The van der Waals surface area contributed by atoms with Gasteiger partial charge in [0.25, 0.3) is 5.91 Å². The van der Waals surface area contributed by atoms with Gasteiger partial charge in [-0.3, -0.25) is 4.79 Å². The molecule has 0 aliphatic carbocycles. The maximum atomic E-state index is 14.3. The van der Waals surface area contributed by atoms with Crippen molar-refractivity contribution in [2.24, 2.45) is 0 Å². The van der Waals surface area contributed by atoms with Gasteiger partial charge >= 0.3 is 5.97 Å². The van der Waals surface area contributed by atoms with E-state index in [0.29, 0.717) is 17.2 Å². The molecular formula is C21H23FN2O8S. The first kappa shape index (κ1) is 24.4. The van der Waals surface area contributed by atoms with Crippen LogP contribution in [0.1, 0.15) is 10.4 Å². The zero-order chi connectivity index (χ0) is 24.0. The largest absolute Gasteiger partial charge is 0.497 e. The summed E-state index contributed by atoms with van der Waals surface area (Å²) >= 11 is 0. The molecule has 0 saturated carbocycles. The smallest absolute Gasteiger partial charge is 0.338 e. The van der Waals surface area contributed by atoms with Gasteiger partial charge < -0.3 is 24.3 Å². The SMILES string of the molecule is COc1cc(NC(=O)COC(=O)c2ccc(F)c(S(=O)(=O)N3CCOCC3)c2)cc(OC)c1. The molecule has 1 heterocycles.